The highest BCUT2D eigenvalue weighted by atomic mass is 35.5. The van der Waals surface area contributed by atoms with Crippen LogP contribution in [0.4, 0.5) is 11.6 Å². The molecule has 0 radical (unpaired) electrons. The van der Waals surface area contributed by atoms with Gasteiger partial charge >= 0.3 is 5.69 Å². The lowest BCUT2D eigenvalue weighted by molar-refractivity contribution is -0.385. The van der Waals surface area contributed by atoms with Gasteiger partial charge in [-0.2, -0.15) is 4.98 Å². The van der Waals surface area contributed by atoms with Crippen LogP contribution < -0.4 is 5.32 Å². The molecule has 2 aromatic heterocycles. The first-order valence-corrected chi connectivity index (χ1v) is 6.63. The Morgan fingerprint density at radius 2 is 2.22 bits per heavy atom. The predicted octanol–water partition coefficient (Wildman–Crippen LogP) is 2.88. The summed E-state index contributed by atoms with van der Waals surface area (Å²) >= 11 is 5.77. The molecule has 3 aromatic rings. The molecule has 0 aliphatic heterocycles. The molecule has 2 N–H and O–H groups in total. The van der Waals surface area contributed by atoms with Gasteiger partial charge < -0.3 is 4.42 Å². The number of nitrogens with zero attached hydrogens (tertiary/aromatic N) is 3. The number of aromatic amines is 1. The number of rotatable bonds is 4. The molecular weight excluding hydrogens is 326 g/mol. The number of furan rings is 1. The van der Waals surface area contributed by atoms with E-state index in [1.54, 1.807) is 6.07 Å². The van der Waals surface area contributed by atoms with Crippen LogP contribution in [-0.2, 0) is 0 Å². The smallest absolute Gasteiger partial charge is 0.300 e. The number of carbonyl (C=O) groups excluding carboxylic acids is 1. The van der Waals surface area contributed by atoms with Crippen molar-refractivity contribution in [2.45, 2.75) is 0 Å². The fourth-order valence-corrected chi connectivity index (χ4v) is 2.14. The van der Waals surface area contributed by atoms with E-state index in [-0.39, 0.29) is 16.5 Å². The van der Waals surface area contributed by atoms with E-state index in [1.807, 2.05) is 0 Å². The van der Waals surface area contributed by atoms with Crippen molar-refractivity contribution >= 4 is 29.1 Å². The molecule has 9 nitrogen and oxygen atoms in total. The van der Waals surface area contributed by atoms with Crippen LogP contribution in [0.15, 0.2) is 41.2 Å². The van der Waals surface area contributed by atoms with Gasteiger partial charge in [-0.05, 0) is 18.2 Å². The van der Waals surface area contributed by atoms with Gasteiger partial charge in [-0.3, -0.25) is 25.3 Å². The Hall–Kier alpha value is -3.20. The second-order valence-corrected chi connectivity index (χ2v) is 4.77. The third-order valence-corrected chi connectivity index (χ3v) is 3.22. The van der Waals surface area contributed by atoms with Gasteiger partial charge in [0.05, 0.1) is 16.7 Å². The van der Waals surface area contributed by atoms with Gasteiger partial charge in [0.15, 0.2) is 5.82 Å². The van der Waals surface area contributed by atoms with Crippen molar-refractivity contribution in [3.8, 4) is 11.4 Å². The van der Waals surface area contributed by atoms with Crippen LogP contribution in [0.1, 0.15) is 10.4 Å². The van der Waals surface area contributed by atoms with Crippen molar-refractivity contribution in [2.75, 3.05) is 5.32 Å². The lowest BCUT2D eigenvalue weighted by Crippen LogP contribution is -2.15. The molecule has 0 bridgehead atoms. The Kier molecular flexibility index (Phi) is 3.77. The summed E-state index contributed by atoms with van der Waals surface area (Å²) in [7, 11) is 0. The number of aromatic nitrogens is 3. The Morgan fingerprint density at radius 3 is 2.91 bits per heavy atom. The molecule has 0 fully saturated rings. The number of hydrogen-bond donors (Lipinski definition) is 2. The zero-order valence-corrected chi connectivity index (χ0v) is 12.1. The number of benzene rings is 1. The molecule has 116 valence electrons. The Bertz CT molecular complexity index is 874. The largest absolute Gasteiger partial charge is 0.472 e. The van der Waals surface area contributed by atoms with Crippen LogP contribution in [0.3, 0.4) is 0 Å². The van der Waals surface area contributed by atoms with Crippen molar-refractivity contribution in [1.82, 2.24) is 15.2 Å². The van der Waals surface area contributed by atoms with Gasteiger partial charge in [0.2, 0.25) is 5.95 Å². The molecule has 0 unspecified atom stereocenters. The van der Waals surface area contributed by atoms with E-state index in [9.17, 15) is 14.9 Å². The number of anilines is 1. The maximum atomic E-state index is 12.2. The summed E-state index contributed by atoms with van der Waals surface area (Å²) in [6.45, 7) is 0. The summed E-state index contributed by atoms with van der Waals surface area (Å²) in [5, 5.41) is 19.7. The zero-order chi connectivity index (χ0) is 16.4. The first kappa shape index (κ1) is 14.7. The van der Waals surface area contributed by atoms with E-state index in [0.717, 1.165) is 0 Å². The Labute approximate surface area is 133 Å². The number of nitrogens with one attached hydrogen (secondary N) is 2. The molecule has 0 saturated heterocycles. The lowest BCUT2D eigenvalue weighted by atomic mass is 10.1. The van der Waals surface area contributed by atoms with Crippen LogP contribution in [0, 0.1) is 10.1 Å². The second-order valence-electron chi connectivity index (χ2n) is 4.37. The van der Waals surface area contributed by atoms with Gasteiger partial charge in [0.25, 0.3) is 5.91 Å². The highest BCUT2D eigenvalue weighted by Crippen LogP contribution is 2.28. The first-order chi connectivity index (χ1) is 11.1. The predicted molar refractivity (Wildman–Crippen MR) is 80.1 cm³/mol. The number of carbonyl (C=O) groups is 1. The van der Waals surface area contributed by atoms with Crippen molar-refractivity contribution in [2.24, 2.45) is 0 Å². The number of para-hydroxylation sites is 1. The van der Waals surface area contributed by atoms with Crippen LogP contribution in [0.2, 0.25) is 5.02 Å². The molecule has 0 saturated carbocycles. The minimum absolute atomic E-state index is 0.0273. The average molecular weight is 334 g/mol. The Balaban J connectivity index is 1.86. The normalized spacial score (nSPS) is 10.5. The topological polar surface area (TPSA) is 127 Å². The van der Waals surface area contributed by atoms with E-state index in [2.05, 4.69) is 20.5 Å². The molecule has 1 aromatic carbocycles. The second kappa shape index (κ2) is 5.89. The standard InChI is InChI=1S/C13H8ClN5O4/c14-9-3-1-2-8(10(9)19(21)22)12(20)16-13-15-11(17-18-13)7-4-5-23-6-7/h1-6H,(H2,15,16,17,18,20). The third-order valence-electron chi connectivity index (χ3n) is 2.92. The number of nitro benzene ring substituents is 1. The van der Waals surface area contributed by atoms with Crippen molar-refractivity contribution in [1.29, 1.82) is 0 Å². The molecule has 23 heavy (non-hydrogen) atoms. The van der Waals surface area contributed by atoms with Crippen LogP contribution in [-0.4, -0.2) is 26.0 Å². The van der Waals surface area contributed by atoms with Gasteiger partial charge in [-0.1, -0.05) is 17.7 Å². The van der Waals surface area contributed by atoms with E-state index in [0.29, 0.717) is 11.4 Å². The number of hydrogen-bond acceptors (Lipinski definition) is 6. The quantitative estimate of drug-likeness (QED) is 0.558. The van der Waals surface area contributed by atoms with Crippen molar-refractivity contribution < 1.29 is 14.1 Å². The number of halogens is 1. The summed E-state index contributed by atoms with van der Waals surface area (Å²) in [5.74, 6) is -0.382. The minimum atomic E-state index is -0.739. The number of nitro groups is 1. The molecule has 0 atom stereocenters. The molecule has 2 heterocycles. The van der Waals surface area contributed by atoms with Crippen molar-refractivity contribution in [3.63, 3.8) is 0 Å². The first-order valence-electron chi connectivity index (χ1n) is 6.25. The Morgan fingerprint density at radius 1 is 1.39 bits per heavy atom. The maximum absolute atomic E-state index is 12.2. The average Bonchev–Trinajstić information content (AvgIpc) is 3.17. The SMILES string of the molecule is O=C(Nc1n[nH]c(-c2ccoc2)n1)c1cccc(Cl)c1[N+](=O)[O-]. The van der Waals surface area contributed by atoms with Gasteiger partial charge in [0.1, 0.15) is 16.8 Å². The maximum Gasteiger partial charge on any atom is 0.300 e. The highest BCUT2D eigenvalue weighted by Gasteiger charge is 2.24. The van der Waals surface area contributed by atoms with Crippen molar-refractivity contribution in [3.05, 3.63) is 57.5 Å². The molecule has 0 aliphatic rings. The van der Waals surface area contributed by atoms with Crippen LogP contribution >= 0.6 is 11.6 Å². The third kappa shape index (κ3) is 2.90. The van der Waals surface area contributed by atoms with Gasteiger partial charge in [-0.25, -0.2) is 0 Å². The molecular formula is C13H8ClN5O4. The summed E-state index contributed by atoms with van der Waals surface area (Å²) in [5.41, 5.74) is -0.0128. The molecule has 10 heteroatoms. The van der Waals surface area contributed by atoms with E-state index >= 15 is 0 Å². The lowest BCUT2D eigenvalue weighted by Gasteiger charge is -2.03. The minimum Gasteiger partial charge on any atom is -0.472 e. The van der Waals surface area contributed by atoms with E-state index in [1.165, 1.54) is 30.7 Å². The number of amides is 1. The fourth-order valence-electron chi connectivity index (χ4n) is 1.90. The number of H-pyrrole nitrogens is 1. The monoisotopic (exact) mass is 333 g/mol. The van der Waals surface area contributed by atoms with Gasteiger partial charge in [-0.15, -0.1) is 5.10 Å². The molecule has 0 spiro atoms. The summed E-state index contributed by atoms with van der Waals surface area (Å²) in [4.78, 5) is 26.6. The zero-order valence-electron chi connectivity index (χ0n) is 11.3. The van der Waals surface area contributed by atoms with Gasteiger partial charge in [0, 0.05) is 0 Å². The van der Waals surface area contributed by atoms with E-state index in [4.69, 9.17) is 16.0 Å². The fraction of sp³-hybridized carbons (Fsp3) is 0. The summed E-state index contributed by atoms with van der Waals surface area (Å²) in [6.07, 6.45) is 2.92. The highest BCUT2D eigenvalue weighted by molar-refractivity contribution is 6.33. The van der Waals surface area contributed by atoms with Crippen LogP contribution in [0.5, 0.6) is 0 Å². The molecule has 1 amide bonds. The van der Waals surface area contributed by atoms with Crippen LogP contribution in [0.25, 0.3) is 11.4 Å². The molecule has 0 aliphatic carbocycles. The molecule has 3 rings (SSSR count). The summed E-state index contributed by atoms with van der Waals surface area (Å²) < 4.78 is 4.92. The van der Waals surface area contributed by atoms with E-state index < -0.39 is 16.5 Å². The summed E-state index contributed by atoms with van der Waals surface area (Å²) in [6, 6.07) is 5.73.